The highest BCUT2D eigenvalue weighted by molar-refractivity contribution is 9.10. The van der Waals surface area contributed by atoms with Crippen LogP contribution in [0.3, 0.4) is 0 Å². The maximum atomic E-state index is 13.2. The van der Waals surface area contributed by atoms with Crippen LogP contribution in [-0.4, -0.2) is 25.5 Å². The number of nitrogens with one attached hydrogen (secondary N) is 1. The number of benzene rings is 1. The summed E-state index contributed by atoms with van der Waals surface area (Å²) in [7, 11) is 0. The number of alkyl halides is 3. The molecule has 3 aromatic rings. The summed E-state index contributed by atoms with van der Waals surface area (Å²) >= 11 is 21.5. The summed E-state index contributed by atoms with van der Waals surface area (Å²) in [6.45, 7) is -0.207. The topological polar surface area (TPSA) is 64.7 Å². The number of carbonyl (C=O) groups excluding carboxylic acids is 1. The Morgan fingerprint density at radius 1 is 1.16 bits per heavy atom. The standard InChI is InChI=1S/C19H14BrCl3F3N5O/c20-15-16(9-4-5-9)31(28-17(15)19(24,25)26)8-14(32)27-18-13(23)7-30(29-18)6-10-11(21)2-1-3-12(10)22/h1-3,7,9H,4-6,8H2,(H,27,29,32). The summed E-state index contributed by atoms with van der Waals surface area (Å²) in [5.41, 5.74) is -0.0633. The van der Waals surface area contributed by atoms with Crippen molar-refractivity contribution in [2.24, 2.45) is 0 Å². The SMILES string of the molecule is O=C(Cn1nc(C(F)(F)F)c(Br)c1C1CC1)Nc1nn(Cc2c(Cl)cccc2Cl)cc1Cl. The Labute approximate surface area is 203 Å². The Hall–Kier alpha value is -1.75. The van der Waals surface area contributed by atoms with Crippen molar-refractivity contribution >= 4 is 62.5 Å². The third-order valence-electron chi connectivity index (χ3n) is 4.81. The van der Waals surface area contributed by atoms with Crippen LogP contribution >= 0.6 is 50.7 Å². The molecule has 0 spiro atoms. The van der Waals surface area contributed by atoms with Gasteiger partial charge in [0, 0.05) is 27.7 Å². The summed E-state index contributed by atoms with van der Waals surface area (Å²) in [5, 5.41) is 11.4. The van der Waals surface area contributed by atoms with E-state index in [1.165, 1.54) is 10.9 Å². The lowest BCUT2D eigenvalue weighted by Gasteiger charge is -2.08. The quantitative estimate of drug-likeness (QED) is 0.373. The van der Waals surface area contributed by atoms with Crippen molar-refractivity contribution in [2.45, 2.75) is 38.0 Å². The first-order chi connectivity index (χ1) is 15.0. The highest BCUT2D eigenvalue weighted by Gasteiger charge is 2.42. The van der Waals surface area contributed by atoms with E-state index in [0.717, 1.165) is 17.5 Å². The first kappa shape index (κ1) is 23.4. The van der Waals surface area contributed by atoms with Gasteiger partial charge in [-0.05, 0) is 40.9 Å². The summed E-state index contributed by atoms with van der Waals surface area (Å²) in [6, 6.07) is 5.08. The van der Waals surface area contributed by atoms with Gasteiger partial charge >= 0.3 is 6.18 Å². The molecular weight excluding hydrogens is 558 g/mol. The Balaban J connectivity index is 1.51. The van der Waals surface area contributed by atoms with Gasteiger partial charge in [-0.3, -0.25) is 14.2 Å². The van der Waals surface area contributed by atoms with Gasteiger partial charge in [0.2, 0.25) is 5.91 Å². The molecule has 32 heavy (non-hydrogen) atoms. The summed E-state index contributed by atoms with van der Waals surface area (Å²) < 4.78 is 42.1. The number of anilines is 1. The molecule has 13 heteroatoms. The van der Waals surface area contributed by atoms with E-state index >= 15 is 0 Å². The molecule has 6 nitrogen and oxygen atoms in total. The molecule has 0 bridgehead atoms. The number of aromatic nitrogens is 4. The van der Waals surface area contributed by atoms with E-state index in [-0.39, 0.29) is 27.8 Å². The van der Waals surface area contributed by atoms with E-state index in [4.69, 9.17) is 34.8 Å². The minimum Gasteiger partial charge on any atom is -0.306 e. The van der Waals surface area contributed by atoms with Crippen LogP contribution in [0.15, 0.2) is 28.9 Å². The third kappa shape index (κ3) is 4.93. The summed E-state index contributed by atoms with van der Waals surface area (Å²) in [4.78, 5) is 12.6. The van der Waals surface area contributed by atoms with E-state index in [1.807, 2.05) is 0 Å². The molecular formula is C19H14BrCl3F3N5O. The predicted molar refractivity (Wildman–Crippen MR) is 118 cm³/mol. The molecule has 0 radical (unpaired) electrons. The number of rotatable bonds is 6. The minimum absolute atomic E-state index is 0.0649. The second-order valence-corrected chi connectivity index (χ2v) is 9.26. The fourth-order valence-electron chi connectivity index (χ4n) is 3.22. The van der Waals surface area contributed by atoms with E-state index in [9.17, 15) is 18.0 Å². The second kappa shape index (κ2) is 8.89. The maximum Gasteiger partial charge on any atom is 0.436 e. The third-order valence-corrected chi connectivity index (χ3v) is 6.58. The highest BCUT2D eigenvalue weighted by atomic mass is 79.9. The number of hydrogen-bond donors (Lipinski definition) is 1. The molecule has 2 heterocycles. The lowest BCUT2D eigenvalue weighted by Crippen LogP contribution is -2.22. The van der Waals surface area contributed by atoms with Crippen LogP contribution in [0.2, 0.25) is 15.1 Å². The molecule has 170 valence electrons. The average Bonchev–Trinajstić information content (AvgIpc) is 3.38. The minimum atomic E-state index is -4.63. The fraction of sp³-hybridized carbons (Fsp3) is 0.316. The lowest BCUT2D eigenvalue weighted by molar-refractivity contribution is -0.142. The first-order valence-electron chi connectivity index (χ1n) is 9.33. The van der Waals surface area contributed by atoms with Crippen molar-refractivity contribution < 1.29 is 18.0 Å². The van der Waals surface area contributed by atoms with E-state index in [0.29, 0.717) is 21.3 Å². The van der Waals surface area contributed by atoms with E-state index < -0.39 is 24.3 Å². The summed E-state index contributed by atoms with van der Waals surface area (Å²) in [5.74, 6) is -0.613. The molecule has 1 N–H and O–H groups in total. The van der Waals surface area contributed by atoms with Gasteiger partial charge in [0.25, 0.3) is 0 Å². The molecule has 1 aromatic carbocycles. The molecule has 1 aliphatic carbocycles. The van der Waals surface area contributed by atoms with Gasteiger partial charge in [0.05, 0.1) is 16.7 Å². The molecule has 1 fully saturated rings. The number of carbonyl (C=O) groups is 1. The maximum absolute atomic E-state index is 13.2. The van der Waals surface area contributed by atoms with Gasteiger partial charge in [0.15, 0.2) is 11.5 Å². The van der Waals surface area contributed by atoms with Gasteiger partial charge < -0.3 is 5.32 Å². The van der Waals surface area contributed by atoms with E-state index in [2.05, 4.69) is 31.4 Å². The van der Waals surface area contributed by atoms with Crippen LogP contribution in [0.25, 0.3) is 0 Å². The molecule has 1 amide bonds. The smallest absolute Gasteiger partial charge is 0.306 e. The van der Waals surface area contributed by atoms with Crippen LogP contribution in [0, 0.1) is 0 Å². The molecule has 0 aliphatic heterocycles. The Bertz CT molecular complexity index is 1170. The van der Waals surface area contributed by atoms with Crippen LogP contribution in [0.5, 0.6) is 0 Å². The Morgan fingerprint density at radius 2 is 1.81 bits per heavy atom. The number of amides is 1. The Kier molecular flexibility index (Phi) is 6.50. The number of halogens is 7. The van der Waals surface area contributed by atoms with Crippen molar-refractivity contribution in [3.8, 4) is 0 Å². The Morgan fingerprint density at radius 3 is 2.41 bits per heavy atom. The molecule has 0 saturated heterocycles. The lowest BCUT2D eigenvalue weighted by atomic mass is 10.2. The summed E-state index contributed by atoms with van der Waals surface area (Å²) in [6.07, 6.45) is -1.67. The predicted octanol–water partition coefficient (Wildman–Crippen LogP) is 6.39. The zero-order valence-electron chi connectivity index (χ0n) is 16.1. The van der Waals surface area contributed by atoms with Gasteiger partial charge in [-0.2, -0.15) is 23.4 Å². The van der Waals surface area contributed by atoms with Gasteiger partial charge in [0.1, 0.15) is 11.6 Å². The van der Waals surface area contributed by atoms with Crippen molar-refractivity contribution in [1.29, 1.82) is 0 Å². The zero-order valence-corrected chi connectivity index (χ0v) is 19.9. The molecule has 0 unspecified atom stereocenters. The van der Waals surface area contributed by atoms with Crippen molar-refractivity contribution in [2.75, 3.05) is 5.32 Å². The monoisotopic (exact) mass is 569 g/mol. The molecule has 1 saturated carbocycles. The van der Waals surface area contributed by atoms with Crippen molar-refractivity contribution in [3.05, 3.63) is 60.9 Å². The fourth-order valence-corrected chi connectivity index (χ4v) is 4.76. The van der Waals surface area contributed by atoms with Crippen molar-refractivity contribution in [3.63, 3.8) is 0 Å². The van der Waals surface area contributed by atoms with Crippen LogP contribution in [0.1, 0.15) is 35.7 Å². The van der Waals surface area contributed by atoms with E-state index in [1.54, 1.807) is 18.2 Å². The molecule has 2 aromatic heterocycles. The number of nitrogens with zero attached hydrogens (tertiary/aromatic N) is 4. The molecule has 0 atom stereocenters. The van der Waals surface area contributed by atoms with Gasteiger partial charge in [-0.25, -0.2) is 0 Å². The average molecular weight is 572 g/mol. The van der Waals surface area contributed by atoms with Gasteiger partial charge in [-0.15, -0.1) is 0 Å². The second-order valence-electron chi connectivity index (χ2n) is 7.25. The highest BCUT2D eigenvalue weighted by Crippen LogP contribution is 2.47. The van der Waals surface area contributed by atoms with Crippen LogP contribution in [-0.2, 0) is 24.1 Å². The zero-order chi connectivity index (χ0) is 23.2. The molecule has 1 aliphatic rings. The first-order valence-corrected chi connectivity index (χ1v) is 11.3. The van der Waals surface area contributed by atoms with Crippen LogP contribution in [0.4, 0.5) is 19.0 Å². The van der Waals surface area contributed by atoms with Crippen molar-refractivity contribution in [1.82, 2.24) is 19.6 Å². The molecule has 4 rings (SSSR count). The van der Waals surface area contributed by atoms with Gasteiger partial charge in [-0.1, -0.05) is 40.9 Å². The normalized spacial score (nSPS) is 14.1. The van der Waals surface area contributed by atoms with Crippen LogP contribution < -0.4 is 5.32 Å². The largest absolute Gasteiger partial charge is 0.436 e. The number of hydrogen-bond acceptors (Lipinski definition) is 3.